The minimum Gasteiger partial charge on any atom is -0.462 e. The number of hydrogen-bond acceptors (Lipinski definition) is 6. The van der Waals surface area contributed by atoms with Crippen LogP contribution in [0.2, 0.25) is 0 Å². The smallest absolute Gasteiger partial charge is 0.306 e. The van der Waals surface area contributed by atoms with Crippen molar-refractivity contribution >= 4 is 17.9 Å². The van der Waals surface area contributed by atoms with Crippen molar-refractivity contribution in [3.8, 4) is 0 Å². The summed E-state index contributed by atoms with van der Waals surface area (Å²) in [6, 6.07) is 0. The van der Waals surface area contributed by atoms with E-state index in [2.05, 4.69) is 57.2 Å². The standard InChI is InChI=1S/C44H78O6/c1-4-7-10-13-16-18-20-22-24-25-28-31-34-37-43(46)49-40-41(39-48-42(45)36-33-30-27-15-12-9-6-3)50-44(47)38-35-32-29-26-23-21-19-17-14-11-8-5-2/h7,10,16,18,22,24,41H,4-6,8-9,11-15,17,19-21,23,25-40H2,1-3H3/b10-7-,18-16-,24-22-. The van der Waals surface area contributed by atoms with Gasteiger partial charge in [-0.05, 0) is 51.4 Å². The van der Waals surface area contributed by atoms with E-state index >= 15 is 0 Å². The SMILES string of the molecule is CC/C=C\C/C=C\C/C=C\CCCCCC(=O)OCC(COC(=O)CCCCCCCCC)OC(=O)CCCCCCCCCCCCCC. The second kappa shape index (κ2) is 39.4. The highest BCUT2D eigenvalue weighted by molar-refractivity contribution is 5.71. The van der Waals surface area contributed by atoms with Gasteiger partial charge in [0, 0.05) is 19.3 Å². The number of esters is 3. The lowest BCUT2D eigenvalue weighted by Gasteiger charge is -2.18. The molecule has 0 aromatic carbocycles. The van der Waals surface area contributed by atoms with Crippen molar-refractivity contribution in [3.63, 3.8) is 0 Å². The summed E-state index contributed by atoms with van der Waals surface area (Å²) >= 11 is 0. The first-order chi connectivity index (χ1) is 24.5. The lowest BCUT2D eigenvalue weighted by Crippen LogP contribution is -2.30. The second-order valence-corrected chi connectivity index (χ2v) is 13.9. The van der Waals surface area contributed by atoms with Crippen LogP contribution in [-0.4, -0.2) is 37.2 Å². The third-order valence-corrected chi connectivity index (χ3v) is 8.91. The van der Waals surface area contributed by atoms with Crippen molar-refractivity contribution in [2.24, 2.45) is 0 Å². The normalized spacial score (nSPS) is 12.3. The molecule has 6 nitrogen and oxygen atoms in total. The molecule has 0 spiro atoms. The van der Waals surface area contributed by atoms with Crippen LogP contribution in [0.15, 0.2) is 36.5 Å². The van der Waals surface area contributed by atoms with Crippen LogP contribution in [0.4, 0.5) is 0 Å². The zero-order valence-electron chi connectivity index (χ0n) is 32.9. The summed E-state index contributed by atoms with van der Waals surface area (Å²) in [6.07, 6.45) is 42.8. The van der Waals surface area contributed by atoms with Gasteiger partial charge in [0.1, 0.15) is 13.2 Å². The fraction of sp³-hybridized carbons (Fsp3) is 0.795. The highest BCUT2D eigenvalue weighted by Crippen LogP contribution is 2.14. The predicted octanol–water partition coefficient (Wildman–Crippen LogP) is 13.0. The first-order valence-corrected chi connectivity index (χ1v) is 21.0. The van der Waals surface area contributed by atoms with Crippen LogP contribution in [0.5, 0.6) is 0 Å². The Labute approximate surface area is 308 Å². The number of ether oxygens (including phenoxy) is 3. The largest absolute Gasteiger partial charge is 0.462 e. The number of rotatable bonds is 37. The van der Waals surface area contributed by atoms with E-state index in [-0.39, 0.29) is 31.1 Å². The number of carbonyl (C=O) groups is 3. The summed E-state index contributed by atoms with van der Waals surface area (Å²) in [4.78, 5) is 37.5. The molecule has 50 heavy (non-hydrogen) atoms. The highest BCUT2D eigenvalue weighted by Gasteiger charge is 2.19. The van der Waals surface area contributed by atoms with Gasteiger partial charge in [-0.3, -0.25) is 14.4 Å². The zero-order valence-corrected chi connectivity index (χ0v) is 32.9. The topological polar surface area (TPSA) is 78.9 Å². The van der Waals surface area contributed by atoms with Crippen molar-refractivity contribution < 1.29 is 28.6 Å². The van der Waals surface area contributed by atoms with Crippen LogP contribution in [0.25, 0.3) is 0 Å². The van der Waals surface area contributed by atoms with E-state index in [1.807, 2.05) is 0 Å². The van der Waals surface area contributed by atoms with Gasteiger partial charge in [-0.1, -0.05) is 173 Å². The van der Waals surface area contributed by atoms with Crippen molar-refractivity contribution in [2.75, 3.05) is 13.2 Å². The van der Waals surface area contributed by atoms with E-state index in [4.69, 9.17) is 14.2 Å². The van der Waals surface area contributed by atoms with Crippen LogP contribution in [0.3, 0.4) is 0 Å². The van der Waals surface area contributed by atoms with Gasteiger partial charge in [-0.25, -0.2) is 0 Å². The molecule has 1 unspecified atom stereocenters. The fourth-order valence-electron chi connectivity index (χ4n) is 5.75. The van der Waals surface area contributed by atoms with Gasteiger partial charge in [0.15, 0.2) is 6.10 Å². The zero-order chi connectivity index (χ0) is 36.6. The summed E-state index contributed by atoms with van der Waals surface area (Å²) in [6.45, 7) is 6.43. The molecule has 1 atom stereocenters. The van der Waals surface area contributed by atoms with Crippen LogP contribution >= 0.6 is 0 Å². The lowest BCUT2D eigenvalue weighted by molar-refractivity contribution is -0.167. The van der Waals surface area contributed by atoms with Crippen molar-refractivity contribution in [1.29, 1.82) is 0 Å². The van der Waals surface area contributed by atoms with E-state index in [1.165, 1.54) is 83.5 Å². The highest BCUT2D eigenvalue weighted by atomic mass is 16.6. The number of unbranched alkanes of at least 4 members (excludes halogenated alkanes) is 20. The Balaban J connectivity index is 4.37. The van der Waals surface area contributed by atoms with Crippen LogP contribution < -0.4 is 0 Å². The number of allylic oxidation sites excluding steroid dienone is 6. The minimum absolute atomic E-state index is 0.0796. The molecule has 290 valence electrons. The molecule has 0 saturated heterocycles. The average molecular weight is 703 g/mol. The quantitative estimate of drug-likeness (QED) is 0.0277. The Morgan fingerprint density at radius 2 is 0.780 bits per heavy atom. The van der Waals surface area contributed by atoms with E-state index in [1.54, 1.807) is 0 Å². The first-order valence-electron chi connectivity index (χ1n) is 21.0. The van der Waals surface area contributed by atoms with Crippen molar-refractivity contribution in [2.45, 2.75) is 213 Å². The Morgan fingerprint density at radius 3 is 1.22 bits per heavy atom. The van der Waals surface area contributed by atoms with Gasteiger partial charge in [-0.15, -0.1) is 0 Å². The molecule has 0 aliphatic heterocycles. The first kappa shape index (κ1) is 47.6. The maximum Gasteiger partial charge on any atom is 0.306 e. The van der Waals surface area contributed by atoms with Gasteiger partial charge >= 0.3 is 17.9 Å². The van der Waals surface area contributed by atoms with Crippen LogP contribution in [0, 0.1) is 0 Å². The molecule has 0 amide bonds. The monoisotopic (exact) mass is 703 g/mol. The molecule has 0 heterocycles. The summed E-state index contributed by atoms with van der Waals surface area (Å²) in [5.41, 5.74) is 0. The molecule has 0 rings (SSSR count). The van der Waals surface area contributed by atoms with E-state index in [0.29, 0.717) is 19.3 Å². The third kappa shape index (κ3) is 36.9. The molecule has 0 aliphatic rings. The summed E-state index contributed by atoms with van der Waals surface area (Å²) in [7, 11) is 0. The molecule has 0 aliphatic carbocycles. The lowest BCUT2D eigenvalue weighted by atomic mass is 10.0. The minimum atomic E-state index is -0.774. The molecule has 0 fully saturated rings. The molecule has 0 N–H and O–H groups in total. The predicted molar refractivity (Wildman–Crippen MR) is 210 cm³/mol. The Kier molecular flexibility index (Phi) is 37.5. The number of carbonyl (C=O) groups excluding carboxylic acids is 3. The molecular formula is C44H78O6. The maximum absolute atomic E-state index is 12.6. The fourth-order valence-corrected chi connectivity index (χ4v) is 5.75. The average Bonchev–Trinajstić information content (AvgIpc) is 3.11. The van der Waals surface area contributed by atoms with Gasteiger partial charge in [0.2, 0.25) is 0 Å². The maximum atomic E-state index is 12.6. The van der Waals surface area contributed by atoms with Gasteiger partial charge in [0.05, 0.1) is 0 Å². The third-order valence-electron chi connectivity index (χ3n) is 8.91. The van der Waals surface area contributed by atoms with Gasteiger partial charge in [0.25, 0.3) is 0 Å². The molecule has 6 heteroatoms. The van der Waals surface area contributed by atoms with Crippen LogP contribution in [0.1, 0.15) is 207 Å². The molecule has 0 aromatic heterocycles. The summed E-state index contributed by atoms with van der Waals surface area (Å²) < 4.78 is 16.6. The van der Waals surface area contributed by atoms with E-state index in [9.17, 15) is 14.4 Å². The Bertz CT molecular complexity index is 861. The molecular weight excluding hydrogens is 624 g/mol. The van der Waals surface area contributed by atoms with E-state index < -0.39 is 6.10 Å². The second-order valence-electron chi connectivity index (χ2n) is 13.9. The van der Waals surface area contributed by atoms with Gasteiger partial charge in [-0.2, -0.15) is 0 Å². The Morgan fingerprint density at radius 1 is 0.420 bits per heavy atom. The Hall–Kier alpha value is -2.37. The van der Waals surface area contributed by atoms with Crippen molar-refractivity contribution in [1.82, 2.24) is 0 Å². The van der Waals surface area contributed by atoms with Crippen molar-refractivity contribution in [3.05, 3.63) is 36.5 Å². The molecule has 0 saturated carbocycles. The number of hydrogen-bond donors (Lipinski definition) is 0. The molecule has 0 aromatic rings. The van der Waals surface area contributed by atoms with E-state index in [0.717, 1.165) is 83.5 Å². The molecule has 0 radical (unpaired) electrons. The summed E-state index contributed by atoms with van der Waals surface area (Å²) in [5.74, 6) is -0.918. The van der Waals surface area contributed by atoms with Gasteiger partial charge < -0.3 is 14.2 Å². The summed E-state index contributed by atoms with van der Waals surface area (Å²) in [5, 5.41) is 0. The van der Waals surface area contributed by atoms with Crippen LogP contribution in [-0.2, 0) is 28.6 Å². The molecule has 0 bridgehead atoms.